The van der Waals surface area contributed by atoms with Crippen LogP contribution in [0.15, 0.2) is 24.3 Å². The fourth-order valence-corrected chi connectivity index (χ4v) is 2.42. The minimum atomic E-state index is -0.959. The fraction of sp³-hybridized carbons (Fsp3) is 0.467. The van der Waals surface area contributed by atoms with Gasteiger partial charge in [-0.2, -0.15) is 0 Å². The maximum atomic E-state index is 12.6. The maximum absolute atomic E-state index is 12.6. The zero-order valence-corrected chi connectivity index (χ0v) is 12.0. The molecule has 0 bridgehead atoms. The van der Waals surface area contributed by atoms with E-state index >= 15 is 0 Å². The summed E-state index contributed by atoms with van der Waals surface area (Å²) in [5.41, 5.74) is 1.25. The van der Waals surface area contributed by atoms with Crippen molar-refractivity contribution >= 4 is 11.9 Å². The molecule has 108 valence electrons. The summed E-state index contributed by atoms with van der Waals surface area (Å²) in [6.07, 6.45) is 0.358. The van der Waals surface area contributed by atoms with Gasteiger partial charge in [0.15, 0.2) is 0 Å². The molecule has 0 saturated heterocycles. The van der Waals surface area contributed by atoms with Crippen LogP contribution in [0.25, 0.3) is 0 Å². The number of aliphatic carboxylic acids is 1. The van der Waals surface area contributed by atoms with E-state index in [4.69, 9.17) is 0 Å². The number of likely N-dealkylation sites (N-methyl/N-ethyl adjacent to an activating group) is 1. The Bertz CT molecular complexity index is 540. The third kappa shape index (κ3) is 2.54. The molecule has 1 atom stereocenters. The van der Waals surface area contributed by atoms with Gasteiger partial charge in [-0.25, -0.2) is 4.79 Å². The van der Waals surface area contributed by atoms with E-state index in [0.717, 1.165) is 11.1 Å². The van der Waals surface area contributed by atoms with E-state index in [1.807, 2.05) is 24.3 Å². The molecule has 0 unspecified atom stereocenters. The molecule has 2 N–H and O–H groups in total. The summed E-state index contributed by atoms with van der Waals surface area (Å²) >= 11 is 0. The molecule has 5 heteroatoms. The SMILES string of the molecule is CNC(C)(C)C(=O)N1Cc2ccccc2C[C@@H]1C(=O)O. The minimum Gasteiger partial charge on any atom is -0.480 e. The predicted octanol–water partition coefficient (Wildman–Crippen LogP) is 1.02. The summed E-state index contributed by atoms with van der Waals surface area (Å²) in [5, 5.41) is 12.3. The third-order valence-electron chi connectivity index (χ3n) is 3.95. The number of nitrogens with one attached hydrogen (secondary N) is 1. The van der Waals surface area contributed by atoms with Gasteiger partial charge in [-0.1, -0.05) is 24.3 Å². The lowest BCUT2D eigenvalue weighted by Gasteiger charge is -2.39. The van der Waals surface area contributed by atoms with Crippen molar-refractivity contribution in [3.63, 3.8) is 0 Å². The van der Waals surface area contributed by atoms with Crippen molar-refractivity contribution in [3.8, 4) is 0 Å². The Morgan fingerprint density at radius 3 is 2.45 bits per heavy atom. The van der Waals surface area contributed by atoms with Gasteiger partial charge in [-0.3, -0.25) is 4.79 Å². The second kappa shape index (κ2) is 5.25. The molecule has 1 heterocycles. The lowest BCUT2D eigenvalue weighted by molar-refractivity contribution is -0.154. The van der Waals surface area contributed by atoms with E-state index in [2.05, 4.69) is 5.32 Å². The number of hydrogen-bond donors (Lipinski definition) is 2. The number of fused-ring (bicyclic) bond motifs is 1. The second-order valence-corrected chi connectivity index (χ2v) is 5.63. The highest BCUT2D eigenvalue weighted by Gasteiger charge is 2.39. The molecule has 0 aliphatic carbocycles. The Labute approximate surface area is 118 Å². The molecule has 0 radical (unpaired) electrons. The summed E-state index contributed by atoms with van der Waals surface area (Å²) in [6.45, 7) is 3.86. The number of benzene rings is 1. The van der Waals surface area contributed by atoms with Crippen molar-refractivity contribution in [1.82, 2.24) is 10.2 Å². The first-order valence-electron chi connectivity index (χ1n) is 6.66. The average Bonchev–Trinajstić information content (AvgIpc) is 2.44. The topological polar surface area (TPSA) is 69.6 Å². The molecule has 0 fully saturated rings. The van der Waals surface area contributed by atoms with Crippen LogP contribution >= 0.6 is 0 Å². The Morgan fingerprint density at radius 2 is 1.90 bits per heavy atom. The first-order valence-corrected chi connectivity index (χ1v) is 6.66. The summed E-state index contributed by atoms with van der Waals surface area (Å²) < 4.78 is 0. The van der Waals surface area contributed by atoms with Crippen molar-refractivity contribution in [2.24, 2.45) is 0 Å². The van der Waals surface area contributed by atoms with E-state index < -0.39 is 17.6 Å². The molecular formula is C15H20N2O3. The van der Waals surface area contributed by atoms with Crippen molar-refractivity contribution in [2.75, 3.05) is 7.05 Å². The Balaban J connectivity index is 2.36. The molecule has 20 heavy (non-hydrogen) atoms. The summed E-state index contributed by atoms with van der Waals surface area (Å²) in [6, 6.07) is 6.87. The number of carbonyl (C=O) groups excluding carboxylic acids is 1. The van der Waals surface area contributed by atoms with Crippen LogP contribution < -0.4 is 5.32 Å². The van der Waals surface area contributed by atoms with Crippen LogP contribution in [0.5, 0.6) is 0 Å². The largest absolute Gasteiger partial charge is 0.480 e. The Hall–Kier alpha value is -1.88. The van der Waals surface area contributed by atoms with Gasteiger partial charge in [-0.15, -0.1) is 0 Å². The molecule has 0 aromatic heterocycles. The van der Waals surface area contributed by atoms with Crippen LogP contribution in [-0.4, -0.2) is 40.5 Å². The van der Waals surface area contributed by atoms with Crippen LogP contribution in [0.3, 0.4) is 0 Å². The molecule has 2 rings (SSSR count). The molecule has 1 amide bonds. The van der Waals surface area contributed by atoms with Gasteiger partial charge in [-0.05, 0) is 32.0 Å². The lowest BCUT2D eigenvalue weighted by atomic mass is 9.91. The molecule has 1 aliphatic heterocycles. The van der Waals surface area contributed by atoms with Crippen molar-refractivity contribution in [2.45, 2.75) is 38.4 Å². The van der Waals surface area contributed by atoms with Gasteiger partial charge in [0.25, 0.3) is 0 Å². The smallest absolute Gasteiger partial charge is 0.326 e. The average molecular weight is 276 g/mol. The first-order chi connectivity index (χ1) is 9.36. The molecular weight excluding hydrogens is 256 g/mol. The zero-order chi connectivity index (χ0) is 14.9. The van der Waals surface area contributed by atoms with Crippen molar-refractivity contribution in [3.05, 3.63) is 35.4 Å². The molecule has 0 saturated carbocycles. The van der Waals surface area contributed by atoms with Gasteiger partial charge in [0.1, 0.15) is 6.04 Å². The van der Waals surface area contributed by atoms with E-state index in [9.17, 15) is 14.7 Å². The maximum Gasteiger partial charge on any atom is 0.326 e. The van der Waals surface area contributed by atoms with Crippen molar-refractivity contribution < 1.29 is 14.7 Å². The molecule has 5 nitrogen and oxygen atoms in total. The number of rotatable bonds is 3. The highest BCUT2D eigenvalue weighted by atomic mass is 16.4. The molecule has 1 aromatic rings. The van der Waals surface area contributed by atoms with Gasteiger partial charge in [0, 0.05) is 13.0 Å². The van der Waals surface area contributed by atoms with Crippen molar-refractivity contribution in [1.29, 1.82) is 0 Å². The lowest BCUT2D eigenvalue weighted by Crippen LogP contribution is -2.58. The Morgan fingerprint density at radius 1 is 1.30 bits per heavy atom. The second-order valence-electron chi connectivity index (χ2n) is 5.63. The molecule has 0 spiro atoms. The van der Waals surface area contributed by atoms with Crippen LogP contribution in [0.4, 0.5) is 0 Å². The van der Waals surface area contributed by atoms with E-state index in [0.29, 0.717) is 13.0 Å². The molecule has 1 aliphatic rings. The highest BCUT2D eigenvalue weighted by molar-refractivity contribution is 5.90. The zero-order valence-electron chi connectivity index (χ0n) is 12.0. The van der Waals surface area contributed by atoms with Crippen LogP contribution in [0, 0.1) is 0 Å². The minimum absolute atomic E-state index is 0.193. The number of amides is 1. The van der Waals surface area contributed by atoms with Crippen LogP contribution in [-0.2, 0) is 22.6 Å². The van der Waals surface area contributed by atoms with Gasteiger partial charge < -0.3 is 15.3 Å². The number of carbonyl (C=O) groups is 2. The predicted molar refractivity (Wildman–Crippen MR) is 75.3 cm³/mol. The molecule has 1 aromatic carbocycles. The highest BCUT2D eigenvalue weighted by Crippen LogP contribution is 2.25. The van der Waals surface area contributed by atoms with E-state index in [1.165, 1.54) is 4.90 Å². The monoisotopic (exact) mass is 276 g/mol. The van der Waals surface area contributed by atoms with Gasteiger partial charge >= 0.3 is 5.97 Å². The van der Waals surface area contributed by atoms with E-state index in [-0.39, 0.29) is 5.91 Å². The summed E-state index contributed by atoms with van der Waals surface area (Å²) in [7, 11) is 1.70. The van der Waals surface area contributed by atoms with Gasteiger partial charge in [0.05, 0.1) is 5.54 Å². The number of carboxylic acids is 1. The number of carboxylic acid groups (broad SMARTS) is 1. The van der Waals surface area contributed by atoms with Gasteiger partial charge in [0.2, 0.25) is 5.91 Å². The Kier molecular flexibility index (Phi) is 3.81. The van der Waals surface area contributed by atoms with E-state index in [1.54, 1.807) is 20.9 Å². The summed E-state index contributed by atoms with van der Waals surface area (Å²) in [5.74, 6) is -1.15. The van der Waals surface area contributed by atoms with Crippen LogP contribution in [0.2, 0.25) is 0 Å². The quantitative estimate of drug-likeness (QED) is 0.865. The standard InChI is InChI=1S/C15H20N2O3/c1-15(2,16-3)14(20)17-9-11-7-5-4-6-10(11)8-12(17)13(18)19/h4-7,12,16H,8-9H2,1-3H3,(H,18,19)/t12-/m1/s1. The number of nitrogens with zero attached hydrogens (tertiary/aromatic N) is 1. The van der Waals surface area contributed by atoms with Crippen LogP contribution in [0.1, 0.15) is 25.0 Å². The summed E-state index contributed by atoms with van der Waals surface area (Å²) in [4.78, 5) is 25.5. The normalized spacial score (nSPS) is 18.6. The first kappa shape index (κ1) is 14.5. The number of hydrogen-bond acceptors (Lipinski definition) is 3. The third-order valence-corrected chi connectivity index (χ3v) is 3.95. The fourth-order valence-electron chi connectivity index (χ4n) is 2.42.